The average molecular weight is 450 g/mol. The van der Waals surface area contributed by atoms with Crippen molar-refractivity contribution in [2.24, 2.45) is 5.92 Å². The smallest absolute Gasteiger partial charge is 0.180 e. The van der Waals surface area contributed by atoms with Crippen LogP contribution in [0.1, 0.15) is 43.7 Å². The lowest BCUT2D eigenvalue weighted by atomic mass is 9.84. The molecule has 0 bridgehead atoms. The summed E-state index contributed by atoms with van der Waals surface area (Å²) in [6, 6.07) is 2.68. The highest BCUT2D eigenvalue weighted by molar-refractivity contribution is 5.74. The van der Waals surface area contributed by atoms with Crippen molar-refractivity contribution in [3.8, 4) is 11.3 Å². The van der Waals surface area contributed by atoms with E-state index in [1.165, 1.54) is 6.07 Å². The summed E-state index contributed by atoms with van der Waals surface area (Å²) < 4.78 is 31.9. The summed E-state index contributed by atoms with van der Waals surface area (Å²) >= 11 is 0. The average Bonchev–Trinajstić information content (AvgIpc) is 3.48. The number of hydrogen-bond acceptors (Lipinski definition) is 5. The van der Waals surface area contributed by atoms with E-state index in [-0.39, 0.29) is 5.56 Å². The van der Waals surface area contributed by atoms with Crippen LogP contribution in [-0.4, -0.2) is 30.4 Å². The van der Waals surface area contributed by atoms with Crippen LogP contribution in [0.5, 0.6) is 0 Å². The van der Waals surface area contributed by atoms with Gasteiger partial charge >= 0.3 is 0 Å². The van der Waals surface area contributed by atoms with Gasteiger partial charge in [-0.1, -0.05) is 0 Å². The number of anilines is 2. The van der Waals surface area contributed by atoms with E-state index >= 15 is 0 Å². The van der Waals surface area contributed by atoms with Gasteiger partial charge in [-0.25, -0.2) is 18.7 Å². The van der Waals surface area contributed by atoms with E-state index in [2.05, 4.69) is 20.4 Å². The van der Waals surface area contributed by atoms with Crippen LogP contribution in [0.15, 0.2) is 43.1 Å². The second-order valence-corrected chi connectivity index (χ2v) is 8.61. The third kappa shape index (κ3) is 4.10. The molecule has 0 aliphatic heterocycles. The Labute approximate surface area is 189 Å². The third-order valence-corrected chi connectivity index (χ3v) is 6.44. The highest BCUT2D eigenvalue weighted by Gasteiger charge is 2.23. The normalized spacial score (nSPS) is 18.5. The van der Waals surface area contributed by atoms with Crippen molar-refractivity contribution >= 4 is 23.4 Å². The number of benzene rings is 1. The van der Waals surface area contributed by atoms with Crippen LogP contribution in [0, 0.1) is 24.5 Å². The van der Waals surface area contributed by atoms with Crippen molar-refractivity contribution in [1.29, 1.82) is 0 Å². The topological polar surface area (TPSA) is 77.1 Å². The molecule has 0 amide bonds. The molecular formula is C24H24F2N6O. The second kappa shape index (κ2) is 8.73. The number of aldehydes is 1. The van der Waals surface area contributed by atoms with Gasteiger partial charge in [0.1, 0.15) is 17.9 Å². The molecular weight excluding hydrogens is 426 g/mol. The summed E-state index contributed by atoms with van der Waals surface area (Å²) in [5, 5.41) is 7.77. The second-order valence-electron chi connectivity index (χ2n) is 8.61. The molecule has 3 aromatic heterocycles. The van der Waals surface area contributed by atoms with Gasteiger partial charge in [-0.2, -0.15) is 5.10 Å². The fourth-order valence-electron chi connectivity index (χ4n) is 4.58. The minimum atomic E-state index is -0.653. The number of fused-ring (bicyclic) bond motifs is 1. The maximum Gasteiger partial charge on any atom is 0.180 e. The van der Waals surface area contributed by atoms with Crippen molar-refractivity contribution in [1.82, 2.24) is 24.1 Å². The fourth-order valence-corrected chi connectivity index (χ4v) is 4.58. The van der Waals surface area contributed by atoms with Gasteiger partial charge in [0.25, 0.3) is 0 Å². The number of nitrogens with one attached hydrogen (secondary N) is 1. The molecule has 0 atom stereocenters. The Bertz CT molecular complexity index is 1310. The number of rotatable bonds is 6. The fraction of sp³-hybridized carbons (Fsp3) is 0.333. The number of nitrogens with zero attached hydrogens (tertiary/aromatic N) is 5. The van der Waals surface area contributed by atoms with E-state index < -0.39 is 11.6 Å². The molecule has 1 saturated carbocycles. The van der Waals surface area contributed by atoms with Gasteiger partial charge in [0.15, 0.2) is 11.5 Å². The van der Waals surface area contributed by atoms with E-state index in [0.29, 0.717) is 41.1 Å². The zero-order valence-corrected chi connectivity index (χ0v) is 18.2. The van der Waals surface area contributed by atoms with Crippen molar-refractivity contribution < 1.29 is 13.6 Å². The van der Waals surface area contributed by atoms with Gasteiger partial charge in [0.2, 0.25) is 0 Å². The molecule has 1 aliphatic rings. The summed E-state index contributed by atoms with van der Waals surface area (Å²) in [5.41, 5.74) is 2.40. The number of carbonyl (C=O) groups excluding carboxylic acids is 1. The van der Waals surface area contributed by atoms with Crippen molar-refractivity contribution in [3.63, 3.8) is 0 Å². The highest BCUT2D eigenvalue weighted by atomic mass is 19.1. The molecule has 0 saturated heterocycles. The van der Waals surface area contributed by atoms with E-state index in [4.69, 9.17) is 0 Å². The van der Waals surface area contributed by atoms with Gasteiger partial charge in [0, 0.05) is 36.6 Å². The molecule has 170 valence electrons. The SMILES string of the molecule is Cc1cc(-c2cnc(Nc3cnn(C4CCC(CC=O)CC4)c3)c3nccn23)c(F)cc1F. The van der Waals surface area contributed by atoms with Crippen LogP contribution in [-0.2, 0) is 4.79 Å². The molecule has 0 radical (unpaired) electrons. The Balaban J connectivity index is 1.38. The summed E-state index contributed by atoms with van der Waals surface area (Å²) in [4.78, 5) is 19.6. The molecule has 1 fully saturated rings. The Morgan fingerprint density at radius 3 is 2.73 bits per heavy atom. The number of halogens is 2. The molecule has 7 nitrogen and oxygen atoms in total. The Morgan fingerprint density at radius 2 is 1.94 bits per heavy atom. The molecule has 33 heavy (non-hydrogen) atoms. The summed E-state index contributed by atoms with van der Waals surface area (Å²) in [7, 11) is 0. The monoisotopic (exact) mass is 450 g/mol. The van der Waals surface area contributed by atoms with Crippen molar-refractivity contribution in [2.75, 3.05) is 5.32 Å². The van der Waals surface area contributed by atoms with Gasteiger partial charge in [0.05, 0.1) is 29.8 Å². The maximum absolute atomic E-state index is 14.5. The number of aromatic nitrogens is 5. The van der Waals surface area contributed by atoms with E-state index in [0.717, 1.165) is 43.7 Å². The molecule has 4 aromatic rings. The van der Waals surface area contributed by atoms with E-state index in [9.17, 15) is 13.6 Å². The van der Waals surface area contributed by atoms with Crippen LogP contribution < -0.4 is 5.32 Å². The largest absolute Gasteiger partial charge is 0.335 e. The molecule has 9 heteroatoms. The third-order valence-electron chi connectivity index (χ3n) is 6.44. The van der Waals surface area contributed by atoms with Crippen LogP contribution in [0.25, 0.3) is 16.9 Å². The van der Waals surface area contributed by atoms with E-state index in [1.54, 1.807) is 36.1 Å². The van der Waals surface area contributed by atoms with Crippen molar-refractivity contribution in [2.45, 2.75) is 45.1 Å². The zero-order chi connectivity index (χ0) is 22.9. The van der Waals surface area contributed by atoms with Gasteiger partial charge in [-0.15, -0.1) is 0 Å². The Morgan fingerprint density at radius 1 is 1.12 bits per heavy atom. The lowest BCUT2D eigenvalue weighted by Gasteiger charge is -2.27. The van der Waals surface area contributed by atoms with Crippen LogP contribution in [0.2, 0.25) is 0 Å². The number of hydrogen-bond donors (Lipinski definition) is 1. The predicted molar refractivity (Wildman–Crippen MR) is 120 cm³/mol. The zero-order valence-electron chi connectivity index (χ0n) is 18.2. The number of carbonyl (C=O) groups is 1. The molecule has 1 N–H and O–H groups in total. The first-order valence-corrected chi connectivity index (χ1v) is 11.1. The molecule has 0 spiro atoms. The summed E-state index contributed by atoms with van der Waals surface area (Å²) in [6.07, 6.45) is 14.3. The summed E-state index contributed by atoms with van der Waals surface area (Å²) in [5.74, 6) is -0.242. The van der Waals surface area contributed by atoms with Gasteiger partial charge < -0.3 is 10.1 Å². The molecule has 0 unspecified atom stereocenters. The number of aryl methyl sites for hydroxylation is 1. The van der Waals surface area contributed by atoms with E-state index in [1.807, 2.05) is 10.9 Å². The van der Waals surface area contributed by atoms with Crippen LogP contribution >= 0.6 is 0 Å². The first kappa shape index (κ1) is 21.2. The van der Waals surface area contributed by atoms with Crippen LogP contribution in [0.4, 0.5) is 20.3 Å². The molecule has 3 heterocycles. The highest BCUT2D eigenvalue weighted by Crippen LogP contribution is 2.34. The number of imidazole rings is 1. The molecule has 1 aromatic carbocycles. The Hall–Kier alpha value is -3.62. The first-order valence-electron chi connectivity index (χ1n) is 11.1. The quantitative estimate of drug-likeness (QED) is 0.407. The summed E-state index contributed by atoms with van der Waals surface area (Å²) in [6.45, 7) is 1.60. The molecule has 5 rings (SSSR count). The predicted octanol–water partition coefficient (Wildman–Crippen LogP) is 5.24. The minimum absolute atomic E-state index is 0.258. The maximum atomic E-state index is 14.5. The molecule has 1 aliphatic carbocycles. The Kier molecular flexibility index (Phi) is 5.62. The first-order chi connectivity index (χ1) is 16.0. The minimum Gasteiger partial charge on any atom is -0.335 e. The van der Waals surface area contributed by atoms with Gasteiger partial charge in [-0.05, 0) is 50.2 Å². The lowest BCUT2D eigenvalue weighted by molar-refractivity contribution is -0.108. The lowest BCUT2D eigenvalue weighted by Crippen LogP contribution is -2.18. The van der Waals surface area contributed by atoms with Gasteiger partial charge in [-0.3, -0.25) is 9.08 Å². The standard InChI is InChI=1S/C24H24F2N6O/c1-15-10-19(21(26)11-20(15)25)22-13-28-23(24-27-7-8-31(22)24)30-17-12-29-32(14-17)18-4-2-16(3-5-18)6-9-33/h7-14,16,18H,2-6H2,1H3,(H,28,30). The van der Waals surface area contributed by atoms with Crippen molar-refractivity contribution in [3.05, 3.63) is 60.3 Å². The van der Waals surface area contributed by atoms with Crippen LogP contribution in [0.3, 0.4) is 0 Å².